The molecule has 1 aromatic rings. The standard InChI is InChI=1S/C18H26ClNO5/c1-5-9-24-17-14(19)10-13(11-15(17)23-6-2)18(22)20-8-7-16(21)25-12(3)4/h10-12H,5-9H2,1-4H3,(H,20,22). The molecule has 0 saturated carbocycles. The monoisotopic (exact) mass is 371 g/mol. The predicted octanol–water partition coefficient (Wildman–Crippen LogP) is 3.60. The first-order valence-corrected chi connectivity index (χ1v) is 8.83. The van der Waals surface area contributed by atoms with Gasteiger partial charge in [0, 0.05) is 12.1 Å². The van der Waals surface area contributed by atoms with Crippen molar-refractivity contribution in [2.45, 2.75) is 46.6 Å². The molecule has 0 aromatic heterocycles. The third kappa shape index (κ3) is 7.22. The highest BCUT2D eigenvalue weighted by molar-refractivity contribution is 6.32. The van der Waals surface area contributed by atoms with Crippen LogP contribution in [0.5, 0.6) is 11.5 Å². The van der Waals surface area contributed by atoms with Crippen molar-refractivity contribution in [1.82, 2.24) is 5.32 Å². The van der Waals surface area contributed by atoms with Gasteiger partial charge in [0.2, 0.25) is 0 Å². The van der Waals surface area contributed by atoms with E-state index in [9.17, 15) is 9.59 Å². The van der Waals surface area contributed by atoms with Crippen LogP contribution in [-0.2, 0) is 9.53 Å². The summed E-state index contributed by atoms with van der Waals surface area (Å²) in [5.41, 5.74) is 0.342. The van der Waals surface area contributed by atoms with Crippen LogP contribution in [0.15, 0.2) is 12.1 Å². The number of hydrogen-bond acceptors (Lipinski definition) is 5. The fourth-order valence-electron chi connectivity index (χ4n) is 2.01. The van der Waals surface area contributed by atoms with Crippen molar-refractivity contribution in [2.75, 3.05) is 19.8 Å². The largest absolute Gasteiger partial charge is 0.490 e. The summed E-state index contributed by atoms with van der Waals surface area (Å²) in [6.07, 6.45) is 0.760. The molecule has 0 bridgehead atoms. The molecule has 140 valence electrons. The Bertz CT molecular complexity index is 589. The lowest BCUT2D eigenvalue weighted by Gasteiger charge is -2.15. The van der Waals surface area contributed by atoms with Gasteiger partial charge in [0.1, 0.15) is 0 Å². The smallest absolute Gasteiger partial charge is 0.307 e. The molecule has 0 spiro atoms. The van der Waals surface area contributed by atoms with Crippen LogP contribution in [0.25, 0.3) is 0 Å². The summed E-state index contributed by atoms with van der Waals surface area (Å²) >= 11 is 6.23. The van der Waals surface area contributed by atoms with Gasteiger partial charge in [0.05, 0.1) is 30.8 Å². The third-order valence-electron chi connectivity index (χ3n) is 3.00. The lowest BCUT2D eigenvalue weighted by molar-refractivity contribution is -0.147. The molecule has 0 atom stereocenters. The molecule has 0 radical (unpaired) electrons. The second-order valence-corrected chi connectivity index (χ2v) is 6.02. The Morgan fingerprint density at radius 1 is 1.20 bits per heavy atom. The average molecular weight is 372 g/mol. The lowest BCUT2D eigenvalue weighted by atomic mass is 10.2. The Morgan fingerprint density at radius 3 is 2.52 bits per heavy atom. The highest BCUT2D eigenvalue weighted by Gasteiger charge is 2.16. The van der Waals surface area contributed by atoms with Crippen LogP contribution in [0.1, 0.15) is 50.9 Å². The van der Waals surface area contributed by atoms with Crippen LogP contribution in [-0.4, -0.2) is 37.7 Å². The van der Waals surface area contributed by atoms with E-state index >= 15 is 0 Å². The van der Waals surface area contributed by atoms with E-state index in [1.54, 1.807) is 19.9 Å². The van der Waals surface area contributed by atoms with Crippen molar-refractivity contribution in [3.05, 3.63) is 22.7 Å². The fourth-order valence-corrected chi connectivity index (χ4v) is 2.27. The molecule has 0 unspecified atom stereocenters. The van der Waals surface area contributed by atoms with Crippen LogP contribution in [0.3, 0.4) is 0 Å². The van der Waals surface area contributed by atoms with Gasteiger partial charge >= 0.3 is 5.97 Å². The second kappa shape index (κ2) is 10.8. The number of carbonyl (C=O) groups excluding carboxylic acids is 2. The number of rotatable bonds is 10. The number of halogens is 1. The third-order valence-corrected chi connectivity index (χ3v) is 3.28. The van der Waals surface area contributed by atoms with Gasteiger partial charge in [-0.25, -0.2) is 0 Å². The number of carbonyl (C=O) groups is 2. The van der Waals surface area contributed by atoms with Gasteiger partial charge < -0.3 is 19.5 Å². The van der Waals surface area contributed by atoms with E-state index in [1.165, 1.54) is 6.07 Å². The highest BCUT2D eigenvalue weighted by atomic mass is 35.5. The first-order chi connectivity index (χ1) is 11.9. The number of benzene rings is 1. The Labute approximate surface area is 153 Å². The highest BCUT2D eigenvalue weighted by Crippen LogP contribution is 2.36. The van der Waals surface area contributed by atoms with Crippen molar-refractivity contribution in [1.29, 1.82) is 0 Å². The quantitative estimate of drug-likeness (QED) is 0.636. The SMILES string of the molecule is CCCOc1c(Cl)cc(C(=O)NCCC(=O)OC(C)C)cc1OCC. The Kier molecular flexibility index (Phi) is 9.13. The summed E-state index contributed by atoms with van der Waals surface area (Å²) in [5.74, 6) is 0.157. The Hall–Kier alpha value is -1.95. The maximum Gasteiger partial charge on any atom is 0.307 e. The number of hydrogen-bond donors (Lipinski definition) is 1. The van der Waals surface area contributed by atoms with Gasteiger partial charge in [0.25, 0.3) is 5.91 Å². The molecule has 0 aliphatic carbocycles. The summed E-state index contributed by atoms with van der Waals surface area (Å²) in [7, 11) is 0. The summed E-state index contributed by atoms with van der Waals surface area (Å²) in [5, 5.41) is 2.98. The number of amides is 1. The van der Waals surface area contributed by atoms with Crippen LogP contribution < -0.4 is 14.8 Å². The minimum Gasteiger partial charge on any atom is -0.490 e. The number of ether oxygens (including phenoxy) is 3. The van der Waals surface area contributed by atoms with Gasteiger partial charge in [0.15, 0.2) is 11.5 Å². The van der Waals surface area contributed by atoms with Crippen LogP contribution >= 0.6 is 11.6 Å². The summed E-state index contributed by atoms with van der Waals surface area (Å²) in [6, 6.07) is 3.11. The van der Waals surface area contributed by atoms with Crippen molar-refractivity contribution in [2.24, 2.45) is 0 Å². The minimum atomic E-state index is -0.355. The molecule has 25 heavy (non-hydrogen) atoms. The van der Waals surface area contributed by atoms with E-state index in [1.807, 2.05) is 13.8 Å². The fraction of sp³-hybridized carbons (Fsp3) is 0.556. The van der Waals surface area contributed by atoms with E-state index < -0.39 is 0 Å². The molecule has 0 saturated heterocycles. The van der Waals surface area contributed by atoms with Crippen LogP contribution in [0.4, 0.5) is 0 Å². The van der Waals surface area contributed by atoms with Crippen molar-refractivity contribution < 1.29 is 23.8 Å². The molecular weight excluding hydrogens is 346 g/mol. The number of nitrogens with one attached hydrogen (secondary N) is 1. The first kappa shape index (κ1) is 21.1. The van der Waals surface area contributed by atoms with Gasteiger partial charge in [-0.1, -0.05) is 18.5 Å². The molecule has 1 N–H and O–H groups in total. The molecule has 1 rings (SSSR count). The second-order valence-electron chi connectivity index (χ2n) is 5.61. The van der Waals surface area contributed by atoms with Crippen molar-refractivity contribution in [3.8, 4) is 11.5 Å². The van der Waals surface area contributed by atoms with E-state index in [4.69, 9.17) is 25.8 Å². The lowest BCUT2D eigenvalue weighted by Crippen LogP contribution is -2.27. The molecule has 0 fully saturated rings. The van der Waals surface area contributed by atoms with Crippen molar-refractivity contribution >= 4 is 23.5 Å². The molecular formula is C18H26ClNO5. The molecule has 0 heterocycles. The molecule has 7 heteroatoms. The van der Waals surface area contributed by atoms with Gasteiger partial charge in [-0.2, -0.15) is 0 Å². The molecule has 0 aliphatic rings. The van der Waals surface area contributed by atoms with E-state index in [2.05, 4.69) is 5.32 Å². The zero-order valence-corrected chi connectivity index (χ0v) is 15.9. The summed E-state index contributed by atoms with van der Waals surface area (Å²) < 4.78 is 16.1. The van der Waals surface area contributed by atoms with E-state index in [-0.39, 0.29) is 30.9 Å². The molecule has 6 nitrogen and oxygen atoms in total. The normalized spacial score (nSPS) is 10.5. The summed E-state index contributed by atoms with van der Waals surface area (Å²) in [4.78, 5) is 23.7. The van der Waals surface area contributed by atoms with Crippen LogP contribution in [0, 0.1) is 0 Å². The minimum absolute atomic E-state index is 0.105. The van der Waals surface area contributed by atoms with E-state index in [0.29, 0.717) is 35.3 Å². The average Bonchev–Trinajstić information content (AvgIpc) is 2.53. The molecule has 1 aromatic carbocycles. The topological polar surface area (TPSA) is 73.9 Å². The van der Waals surface area contributed by atoms with Gasteiger partial charge in [-0.15, -0.1) is 0 Å². The zero-order valence-electron chi connectivity index (χ0n) is 15.2. The van der Waals surface area contributed by atoms with Crippen molar-refractivity contribution in [3.63, 3.8) is 0 Å². The van der Waals surface area contributed by atoms with E-state index in [0.717, 1.165) is 6.42 Å². The maximum absolute atomic E-state index is 12.3. The summed E-state index contributed by atoms with van der Waals surface area (Å²) in [6.45, 7) is 8.48. The maximum atomic E-state index is 12.3. The number of esters is 1. The first-order valence-electron chi connectivity index (χ1n) is 8.45. The zero-order chi connectivity index (χ0) is 18.8. The Morgan fingerprint density at radius 2 is 1.92 bits per heavy atom. The molecule has 1 amide bonds. The van der Waals surface area contributed by atoms with Gasteiger partial charge in [-0.05, 0) is 39.3 Å². The van der Waals surface area contributed by atoms with Gasteiger partial charge in [-0.3, -0.25) is 9.59 Å². The Balaban J connectivity index is 2.76. The molecule has 0 aliphatic heterocycles. The van der Waals surface area contributed by atoms with Crippen LogP contribution in [0.2, 0.25) is 5.02 Å². The predicted molar refractivity (Wildman–Crippen MR) is 96.6 cm³/mol.